The Hall–Kier alpha value is -5.78. The van der Waals surface area contributed by atoms with Gasteiger partial charge in [-0.15, -0.1) is 0 Å². The van der Waals surface area contributed by atoms with Gasteiger partial charge in [-0.25, -0.2) is 4.98 Å². The first-order valence-electron chi connectivity index (χ1n) is 18.9. The molecule has 0 amide bonds. The highest BCUT2D eigenvalue weighted by Crippen LogP contribution is 2.42. The van der Waals surface area contributed by atoms with Crippen molar-refractivity contribution in [2.24, 2.45) is 0 Å². The maximum absolute atomic E-state index is 16.9. The van der Waals surface area contributed by atoms with E-state index in [4.69, 9.17) is 9.60 Å². The molecule has 0 fully saturated rings. The number of aromatic nitrogens is 3. The molecule has 0 saturated carbocycles. The van der Waals surface area contributed by atoms with Gasteiger partial charge in [0.2, 0.25) is 11.4 Å². The number of nitrogens with zero attached hydrogens (tertiary/aromatic N) is 5. The summed E-state index contributed by atoms with van der Waals surface area (Å²) in [5.74, 6) is -2.95. The lowest BCUT2D eigenvalue weighted by molar-refractivity contribution is 0.0430. The van der Waals surface area contributed by atoms with Gasteiger partial charge in [-0.2, -0.15) is 8.78 Å². The number of hydrogen-bond acceptors (Lipinski definition) is 2. The first-order valence-corrected chi connectivity index (χ1v) is 15.4. The van der Waals surface area contributed by atoms with Crippen LogP contribution in [-0.2, 0) is 11.3 Å². The summed E-state index contributed by atoms with van der Waals surface area (Å²) >= 11 is 0. The minimum absolute atomic E-state index is 0.0101. The Balaban J connectivity index is 1.28. The number of benzene rings is 4. The first kappa shape index (κ1) is 22.7. The van der Waals surface area contributed by atoms with Gasteiger partial charge in [-0.05, 0) is 51.2 Å². The molecule has 4 aromatic carbocycles. The number of alkyl halides is 2. The molecule has 0 unspecified atom stereocenters. The highest BCUT2D eigenvalue weighted by Gasteiger charge is 2.39. The molecule has 0 N–H and O–H groups in total. The molecule has 5 nitrogen and oxygen atoms in total. The zero-order chi connectivity index (χ0) is 39.2. The van der Waals surface area contributed by atoms with Crippen molar-refractivity contribution in [3.8, 4) is 5.82 Å². The van der Waals surface area contributed by atoms with Gasteiger partial charge in [-0.1, -0.05) is 74.8 Å². The molecule has 0 radical (unpaired) electrons. The van der Waals surface area contributed by atoms with Gasteiger partial charge in [0.15, 0.2) is 0 Å². The van der Waals surface area contributed by atoms with E-state index in [1.54, 1.807) is 30.7 Å². The first-order chi connectivity index (χ1) is 26.0. The van der Waals surface area contributed by atoms with Crippen LogP contribution in [0.15, 0.2) is 128 Å². The molecule has 48 heavy (non-hydrogen) atoms. The van der Waals surface area contributed by atoms with Crippen molar-refractivity contribution in [1.29, 1.82) is 0 Å². The second kappa shape index (κ2) is 10.9. The lowest BCUT2D eigenvalue weighted by Gasteiger charge is -2.20. The summed E-state index contributed by atoms with van der Waals surface area (Å²) in [6.07, 6.45) is 5.08. The van der Waals surface area contributed by atoms with E-state index in [2.05, 4.69) is 36.7 Å². The number of fused-ring (bicyclic) bond motifs is 4. The molecular weight excluding hydrogens is 600 g/mol. The number of pyridine rings is 2. The number of halogens is 2. The fraction of sp³-hybridized carbons (Fsp3) is 0.146. The van der Waals surface area contributed by atoms with Gasteiger partial charge >= 0.3 is 6.01 Å². The van der Waals surface area contributed by atoms with Crippen LogP contribution in [0.3, 0.4) is 0 Å². The molecule has 1 aliphatic rings. The van der Waals surface area contributed by atoms with Crippen molar-refractivity contribution in [3.05, 3.63) is 150 Å². The van der Waals surface area contributed by atoms with E-state index in [1.807, 2.05) is 22.8 Å². The Morgan fingerprint density at radius 1 is 0.750 bits per heavy atom. The summed E-state index contributed by atoms with van der Waals surface area (Å²) in [6, 6.07) is 23.0. The molecule has 3 aromatic heterocycles. The zero-order valence-electron chi connectivity index (χ0n) is 33.3. The summed E-state index contributed by atoms with van der Waals surface area (Å²) in [6.45, 7) is 3.92. The van der Waals surface area contributed by atoms with E-state index in [0.29, 0.717) is 17.0 Å². The Morgan fingerprint density at radius 2 is 1.48 bits per heavy atom. The van der Waals surface area contributed by atoms with Crippen LogP contribution >= 0.6 is 0 Å². The average Bonchev–Trinajstić information content (AvgIpc) is 3.73. The topological polar surface area (TPSA) is 36.7 Å². The second-order valence-electron chi connectivity index (χ2n) is 12.8. The molecule has 7 aromatic rings. The van der Waals surface area contributed by atoms with E-state index in [-0.39, 0.29) is 51.3 Å². The van der Waals surface area contributed by atoms with Crippen molar-refractivity contribution in [2.75, 3.05) is 0 Å². The molecule has 0 aliphatic carbocycles. The third-order valence-corrected chi connectivity index (χ3v) is 8.66. The summed E-state index contributed by atoms with van der Waals surface area (Å²) in [4.78, 5) is 8.97. The predicted molar refractivity (Wildman–Crippen MR) is 190 cm³/mol. The van der Waals surface area contributed by atoms with Crippen molar-refractivity contribution in [2.45, 2.75) is 39.0 Å². The van der Waals surface area contributed by atoms with Gasteiger partial charge in [0.25, 0.3) is 17.3 Å². The van der Waals surface area contributed by atoms with Gasteiger partial charge in [0, 0.05) is 74.8 Å². The monoisotopic (exact) mass is 640 g/mol. The lowest BCUT2D eigenvalue weighted by Crippen LogP contribution is -2.16. The largest absolute Gasteiger partial charge is 0.503 e. The van der Waals surface area contributed by atoms with Crippen molar-refractivity contribution in [3.63, 3.8) is 0 Å². The fourth-order valence-corrected chi connectivity index (χ4v) is 6.13. The van der Waals surface area contributed by atoms with Gasteiger partial charge in [-0.3, -0.25) is 9.55 Å². The highest BCUT2D eigenvalue weighted by atomic mass is 19.3. The van der Waals surface area contributed by atoms with Crippen LogP contribution in [0.5, 0.6) is 0 Å². The molecule has 7 heteroatoms. The second-order valence-corrected chi connectivity index (χ2v) is 12.8. The van der Waals surface area contributed by atoms with Crippen LogP contribution in [0.1, 0.15) is 52.6 Å². The van der Waals surface area contributed by atoms with Crippen molar-refractivity contribution in [1.82, 2.24) is 23.7 Å². The molecule has 0 bridgehead atoms. The smallest absolute Gasteiger partial charge is 0.292 e. The van der Waals surface area contributed by atoms with E-state index >= 15 is 8.78 Å². The minimum Gasteiger partial charge on any atom is -0.292 e. The lowest BCUT2D eigenvalue weighted by atomic mass is 9.88. The van der Waals surface area contributed by atoms with Crippen LogP contribution in [0.4, 0.5) is 31.5 Å². The molecule has 4 heterocycles. The molecule has 0 spiro atoms. The van der Waals surface area contributed by atoms with E-state index in [9.17, 15) is 0 Å². The summed E-state index contributed by atoms with van der Waals surface area (Å²) < 4.78 is 95.8. The van der Waals surface area contributed by atoms with Gasteiger partial charge < -0.3 is 0 Å². The van der Waals surface area contributed by atoms with Crippen LogP contribution in [0.25, 0.3) is 27.6 Å². The quantitative estimate of drug-likeness (QED) is 0.176. The molecule has 8 rings (SSSR count). The maximum Gasteiger partial charge on any atom is 0.503 e. The summed E-state index contributed by atoms with van der Waals surface area (Å²) in [7, 11) is 0. The minimum atomic E-state index is -3.52. The predicted octanol–water partition coefficient (Wildman–Crippen LogP) is 10.2. The summed E-state index contributed by atoms with van der Waals surface area (Å²) in [5.41, 5.74) is 2.15. The van der Waals surface area contributed by atoms with Crippen LogP contribution in [0.2, 0.25) is 0 Å². The number of hydrogen-bond donors (Lipinski definition) is 0. The maximum atomic E-state index is 16.9. The molecular formula is C41H33F2N5+2. The third-order valence-electron chi connectivity index (χ3n) is 8.66. The molecule has 234 valence electrons. The van der Waals surface area contributed by atoms with Crippen molar-refractivity contribution >= 4 is 50.6 Å². The zero-order valence-corrected chi connectivity index (χ0v) is 26.3. The average molecular weight is 641 g/mol. The SMILES string of the molecule is [2H]c1c([2H])c([2H])c2c(c1[2H])[N+](c1ccc(C([2H])([2H])[2H])cc1)=C=[N+]2c1cccc(C(F)(F)c2ccc3c4ccncc4n(-c4cc(C(C)(C)C)ccn4)c3c2)c1. The third kappa shape index (κ3) is 4.83. The fourth-order valence-electron chi connectivity index (χ4n) is 6.13. The highest BCUT2D eigenvalue weighted by molar-refractivity contribution is 6.09. The Kier molecular flexibility index (Phi) is 5.15. The van der Waals surface area contributed by atoms with Crippen molar-refractivity contribution < 1.29 is 18.4 Å². The molecule has 0 saturated heterocycles. The standard InChI is InChI=1S/C41H33F2N5/c1-27-12-15-31(16-13-27)46-26-47(36-11-6-5-10-35(36)46)32-9-7-8-29(22-32)41(42,43)30-14-17-33-34-19-20-44-25-38(34)48(37(33)23-30)39-24-28(18-21-45-39)40(2,3)4/h5-25H,1-4H3/q+2/i1D3,5D,6D,10D,11D. The number of rotatable bonds is 5. The Morgan fingerprint density at radius 3 is 2.23 bits per heavy atom. The van der Waals surface area contributed by atoms with Gasteiger partial charge in [0.1, 0.15) is 5.82 Å². The normalized spacial score (nSPS) is 15.5. The van der Waals surface area contributed by atoms with Gasteiger partial charge in [0.05, 0.1) is 22.7 Å². The molecule has 1 aliphatic heterocycles. The van der Waals surface area contributed by atoms with Crippen LogP contribution in [-0.4, -0.2) is 20.5 Å². The van der Waals surface area contributed by atoms with E-state index in [0.717, 1.165) is 21.9 Å². The number of para-hydroxylation sites is 2. The van der Waals surface area contributed by atoms with Crippen LogP contribution in [0, 0.1) is 6.85 Å². The summed E-state index contributed by atoms with van der Waals surface area (Å²) in [5, 5.41) is 1.60. The van der Waals surface area contributed by atoms with E-state index in [1.165, 1.54) is 63.7 Å². The van der Waals surface area contributed by atoms with E-state index < -0.39 is 24.9 Å². The Bertz CT molecular complexity index is 2800. The number of aryl methyl sites for hydroxylation is 1. The van der Waals surface area contributed by atoms with Crippen LogP contribution < -0.4 is 9.15 Å². The molecule has 0 atom stereocenters. The Labute approximate surface area is 287 Å².